The third-order valence-corrected chi connectivity index (χ3v) is 5.14. The topological polar surface area (TPSA) is 92.9 Å². The van der Waals surface area contributed by atoms with Crippen molar-refractivity contribution >= 4 is 41.2 Å². The molecule has 3 aromatic rings. The Morgan fingerprint density at radius 3 is 2.52 bits per heavy atom. The minimum Gasteiger partial charge on any atom is -0.479 e. The standard InChI is InChI=1S/C24H23Cl2N3O4/c1-15-8-10-19(32-15)14-27-29-24(31)21(12-17-6-4-3-5-7-17)28-23(30)16(2)33-22-11-9-18(25)13-20(22)26/h3-11,13-14,16,21H,12H2,1-2H3,(H,28,30)(H,29,31)/b27-14-/t16-,21-/m0/s1. The highest BCUT2D eigenvalue weighted by atomic mass is 35.5. The zero-order chi connectivity index (χ0) is 23.8. The number of furan rings is 1. The van der Waals surface area contributed by atoms with Gasteiger partial charge in [0.05, 0.1) is 11.2 Å². The van der Waals surface area contributed by atoms with Gasteiger partial charge in [0.25, 0.3) is 11.8 Å². The highest BCUT2D eigenvalue weighted by Gasteiger charge is 2.25. The second-order valence-corrected chi connectivity index (χ2v) is 8.11. The number of carbonyl (C=O) groups excluding carboxylic acids is 2. The Kier molecular flexibility index (Phi) is 8.52. The zero-order valence-corrected chi connectivity index (χ0v) is 19.6. The summed E-state index contributed by atoms with van der Waals surface area (Å²) in [5, 5.41) is 7.39. The molecule has 2 amide bonds. The third-order valence-electron chi connectivity index (χ3n) is 4.61. The zero-order valence-electron chi connectivity index (χ0n) is 18.0. The van der Waals surface area contributed by atoms with Crippen molar-refractivity contribution in [3.63, 3.8) is 0 Å². The summed E-state index contributed by atoms with van der Waals surface area (Å²) < 4.78 is 11.0. The van der Waals surface area contributed by atoms with E-state index < -0.39 is 24.0 Å². The van der Waals surface area contributed by atoms with Gasteiger partial charge in [0.2, 0.25) is 0 Å². The number of halogens is 2. The molecule has 33 heavy (non-hydrogen) atoms. The lowest BCUT2D eigenvalue weighted by Crippen LogP contribution is -2.50. The predicted molar refractivity (Wildman–Crippen MR) is 128 cm³/mol. The number of nitrogens with zero attached hydrogens (tertiary/aromatic N) is 1. The molecule has 172 valence electrons. The van der Waals surface area contributed by atoms with Crippen molar-refractivity contribution in [2.24, 2.45) is 5.10 Å². The molecule has 0 radical (unpaired) electrons. The maximum atomic E-state index is 12.8. The van der Waals surface area contributed by atoms with E-state index >= 15 is 0 Å². The fraction of sp³-hybridized carbons (Fsp3) is 0.208. The molecule has 7 nitrogen and oxygen atoms in total. The smallest absolute Gasteiger partial charge is 0.262 e. The minimum absolute atomic E-state index is 0.266. The van der Waals surface area contributed by atoms with Crippen LogP contribution in [0.25, 0.3) is 0 Å². The third kappa shape index (κ3) is 7.37. The van der Waals surface area contributed by atoms with Crippen molar-refractivity contribution in [3.8, 4) is 5.75 Å². The molecule has 0 aliphatic rings. The largest absolute Gasteiger partial charge is 0.479 e. The Bertz CT molecular complexity index is 1130. The van der Waals surface area contributed by atoms with E-state index in [1.165, 1.54) is 12.3 Å². The molecule has 0 aliphatic heterocycles. The number of aryl methyl sites for hydroxylation is 1. The van der Waals surface area contributed by atoms with Gasteiger partial charge < -0.3 is 14.5 Å². The van der Waals surface area contributed by atoms with E-state index in [9.17, 15) is 9.59 Å². The second-order valence-electron chi connectivity index (χ2n) is 7.27. The van der Waals surface area contributed by atoms with Crippen LogP contribution in [-0.2, 0) is 16.0 Å². The van der Waals surface area contributed by atoms with E-state index in [0.29, 0.717) is 16.5 Å². The number of benzene rings is 2. The summed E-state index contributed by atoms with van der Waals surface area (Å²) in [5.74, 6) is 0.572. The van der Waals surface area contributed by atoms with Gasteiger partial charge in [0.1, 0.15) is 23.3 Å². The van der Waals surface area contributed by atoms with Crippen LogP contribution in [0.3, 0.4) is 0 Å². The maximum Gasteiger partial charge on any atom is 0.262 e. The van der Waals surface area contributed by atoms with Gasteiger partial charge in [0.15, 0.2) is 6.10 Å². The summed E-state index contributed by atoms with van der Waals surface area (Å²) in [4.78, 5) is 25.6. The summed E-state index contributed by atoms with van der Waals surface area (Å²) in [5.41, 5.74) is 3.32. The van der Waals surface area contributed by atoms with Crippen LogP contribution in [-0.4, -0.2) is 30.2 Å². The van der Waals surface area contributed by atoms with E-state index in [1.54, 1.807) is 31.2 Å². The number of rotatable bonds is 9. The van der Waals surface area contributed by atoms with Crippen LogP contribution in [0.15, 0.2) is 70.2 Å². The van der Waals surface area contributed by atoms with E-state index in [1.807, 2.05) is 37.3 Å². The average Bonchev–Trinajstić information content (AvgIpc) is 3.20. The molecule has 1 heterocycles. The van der Waals surface area contributed by atoms with Gasteiger partial charge in [-0.05, 0) is 49.7 Å². The molecule has 9 heteroatoms. The fourth-order valence-electron chi connectivity index (χ4n) is 2.92. The van der Waals surface area contributed by atoms with Crippen LogP contribution in [0.1, 0.15) is 24.0 Å². The quantitative estimate of drug-likeness (QED) is 0.342. The van der Waals surface area contributed by atoms with Crippen LogP contribution in [0.5, 0.6) is 5.75 Å². The van der Waals surface area contributed by atoms with E-state index in [2.05, 4.69) is 15.8 Å². The minimum atomic E-state index is -0.913. The van der Waals surface area contributed by atoms with Gasteiger partial charge in [-0.2, -0.15) is 5.10 Å². The molecular weight excluding hydrogens is 465 g/mol. The van der Waals surface area contributed by atoms with E-state index in [4.69, 9.17) is 32.4 Å². The summed E-state index contributed by atoms with van der Waals surface area (Å²) in [7, 11) is 0. The molecule has 3 rings (SSSR count). The van der Waals surface area contributed by atoms with Crippen molar-refractivity contribution in [1.82, 2.24) is 10.7 Å². The number of nitrogens with one attached hydrogen (secondary N) is 2. The van der Waals surface area contributed by atoms with E-state index in [-0.39, 0.29) is 11.4 Å². The van der Waals surface area contributed by atoms with Crippen LogP contribution in [0.2, 0.25) is 10.0 Å². The highest BCUT2D eigenvalue weighted by Crippen LogP contribution is 2.28. The lowest BCUT2D eigenvalue weighted by Gasteiger charge is -2.21. The molecule has 1 aromatic heterocycles. The van der Waals surface area contributed by atoms with Gasteiger partial charge >= 0.3 is 0 Å². The molecule has 2 N–H and O–H groups in total. The van der Waals surface area contributed by atoms with Gasteiger partial charge in [-0.1, -0.05) is 53.5 Å². The molecular formula is C24H23Cl2N3O4. The number of hydrazone groups is 1. The molecule has 0 unspecified atom stereocenters. The Balaban J connectivity index is 1.67. The van der Waals surface area contributed by atoms with Crippen molar-refractivity contribution < 1.29 is 18.7 Å². The second kappa shape index (κ2) is 11.5. The highest BCUT2D eigenvalue weighted by molar-refractivity contribution is 6.35. The van der Waals surface area contributed by atoms with Crippen LogP contribution < -0.4 is 15.5 Å². The lowest BCUT2D eigenvalue weighted by molar-refractivity contribution is -0.132. The van der Waals surface area contributed by atoms with Crippen LogP contribution >= 0.6 is 23.2 Å². The van der Waals surface area contributed by atoms with Crippen molar-refractivity contribution in [3.05, 3.63) is 87.8 Å². The van der Waals surface area contributed by atoms with Gasteiger partial charge in [-0.25, -0.2) is 5.43 Å². The van der Waals surface area contributed by atoms with Crippen molar-refractivity contribution in [2.45, 2.75) is 32.4 Å². The molecule has 0 fully saturated rings. The number of hydrogen-bond donors (Lipinski definition) is 2. The molecule has 2 atom stereocenters. The monoisotopic (exact) mass is 487 g/mol. The first-order valence-corrected chi connectivity index (χ1v) is 10.9. The molecule has 0 spiro atoms. The Morgan fingerprint density at radius 1 is 1.09 bits per heavy atom. The summed E-state index contributed by atoms with van der Waals surface area (Å²) in [6, 6.07) is 16.7. The van der Waals surface area contributed by atoms with Crippen LogP contribution in [0.4, 0.5) is 0 Å². The van der Waals surface area contributed by atoms with Crippen LogP contribution in [0, 0.1) is 6.92 Å². The van der Waals surface area contributed by atoms with Gasteiger partial charge in [0, 0.05) is 11.4 Å². The van der Waals surface area contributed by atoms with Crippen molar-refractivity contribution in [2.75, 3.05) is 0 Å². The Morgan fingerprint density at radius 2 is 1.85 bits per heavy atom. The molecule has 0 saturated heterocycles. The van der Waals surface area contributed by atoms with Gasteiger partial charge in [-0.3, -0.25) is 9.59 Å². The number of ether oxygens (including phenoxy) is 1. The number of amides is 2. The lowest BCUT2D eigenvalue weighted by atomic mass is 10.1. The number of carbonyl (C=O) groups is 2. The first-order chi connectivity index (χ1) is 15.8. The molecule has 0 aliphatic carbocycles. The first-order valence-electron chi connectivity index (χ1n) is 10.2. The predicted octanol–water partition coefficient (Wildman–Crippen LogP) is 4.54. The molecule has 0 bridgehead atoms. The summed E-state index contributed by atoms with van der Waals surface area (Å²) in [6.07, 6.45) is 0.743. The van der Waals surface area contributed by atoms with E-state index in [0.717, 1.165) is 11.3 Å². The average molecular weight is 488 g/mol. The normalized spacial score (nSPS) is 12.8. The van der Waals surface area contributed by atoms with Crippen molar-refractivity contribution in [1.29, 1.82) is 0 Å². The summed E-state index contributed by atoms with van der Waals surface area (Å²) >= 11 is 12.0. The maximum absolute atomic E-state index is 12.8. The Labute approximate surface area is 201 Å². The Hall–Kier alpha value is -3.29. The SMILES string of the molecule is Cc1ccc(/C=N\NC(=O)[C@H](Cc2ccccc2)NC(=O)[C@H](C)Oc2ccc(Cl)cc2Cl)o1. The summed E-state index contributed by atoms with van der Waals surface area (Å²) in [6.45, 7) is 3.37. The number of hydrogen-bond acceptors (Lipinski definition) is 5. The molecule has 2 aromatic carbocycles. The fourth-order valence-corrected chi connectivity index (χ4v) is 3.38. The first kappa shape index (κ1) is 24.4. The van der Waals surface area contributed by atoms with Gasteiger partial charge in [-0.15, -0.1) is 0 Å². The molecule has 0 saturated carbocycles.